The number of nitrogens with two attached hydrogens (primary N) is 1. The molecule has 5 heteroatoms. The van der Waals surface area contributed by atoms with Crippen molar-refractivity contribution in [2.75, 3.05) is 37.9 Å². The van der Waals surface area contributed by atoms with Crippen LogP contribution in [-0.2, 0) is 9.47 Å². The molecule has 1 aromatic rings. The molecule has 1 saturated heterocycles. The van der Waals surface area contributed by atoms with E-state index in [2.05, 4.69) is 11.8 Å². The van der Waals surface area contributed by atoms with Gasteiger partial charge in [-0.1, -0.05) is 6.92 Å². The number of hydrogen-bond acceptors (Lipinski definition) is 5. The van der Waals surface area contributed by atoms with Gasteiger partial charge in [0.2, 0.25) is 0 Å². The lowest BCUT2D eigenvalue weighted by atomic mass is 9.95. The fourth-order valence-corrected chi connectivity index (χ4v) is 2.82. The van der Waals surface area contributed by atoms with E-state index < -0.39 is 5.97 Å². The summed E-state index contributed by atoms with van der Waals surface area (Å²) in [4.78, 5) is 14.1. The number of piperidine rings is 1. The number of esters is 1. The van der Waals surface area contributed by atoms with Crippen molar-refractivity contribution in [3.63, 3.8) is 0 Å². The van der Waals surface area contributed by atoms with Crippen LogP contribution in [0, 0.1) is 12.8 Å². The highest BCUT2D eigenvalue weighted by Gasteiger charge is 2.27. The number of carbonyl (C=O) groups is 1. The lowest BCUT2D eigenvalue weighted by molar-refractivity contribution is 0.0498. The van der Waals surface area contributed by atoms with Crippen LogP contribution in [0.5, 0.6) is 0 Å². The van der Waals surface area contributed by atoms with Gasteiger partial charge in [0.15, 0.2) is 0 Å². The average molecular weight is 292 g/mol. The Morgan fingerprint density at radius 3 is 2.71 bits per heavy atom. The van der Waals surface area contributed by atoms with Crippen LogP contribution in [0.25, 0.3) is 0 Å². The van der Waals surface area contributed by atoms with Crippen LogP contribution in [0.1, 0.15) is 29.3 Å². The maximum Gasteiger partial charge on any atom is 0.340 e. The van der Waals surface area contributed by atoms with Crippen molar-refractivity contribution < 1.29 is 14.3 Å². The maximum atomic E-state index is 11.8. The second kappa shape index (κ2) is 6.35. The van der Waals surface area contributed by atoms with Crippen molar-refractivity contribution in [2.24, 2.45) is 5.92 Å². The molecule has 2 rings (SSSR count). The fraction of sp³-hybridized carbons (Fsp3) is 0.562. The van der Waals surface area contributed by atoms with Gasteiger partial charge < -0.3 is 20.1 Å². The Morgan fingerprint density at radius 2 is 2.10 bits per heavy atom. The topological polar surface area (TPSA) is 64.8 Å². The van der Waals surface area contributed by atoms with E-state index in [-0.39, 0.29) is 6.10 Å². The number of rotatable bonds is 3. The predicted octanol–water partition coefficient (Wildman–Crippen LogP) is 2.23. The van der Waals surface area contributed by atoms with E-state index in [1.165, 1.54) is 7.11 Å². The molecule has 2 N–H and O–H groups in total. The number of ether oxygens (including phenoxy) is 2. The van der Waals surface area contributed by atoms with Gasteiger partial charge in [-0.2, -0.15) is 0 Å². The third kappa shape index (κ3) is 3.13. The van der Waals surface area contributed by atoms with Gasteiger partial charge in [0.05, 0.1) is 18.8 Å². The molecule has 1 heterocycles. The summed E-state index contributed by atoms with van der Waals surface area (Å²) in [5, 5.41) is 0. The molecule has 1 aliphatic rings. The number of hydrogen-bond donors (Lipinski definition) is 1. The summed E-state index contributed by atoms with van der Waals surface area (Å²) in [5.74, 6) is 0.146. The molecular formula is C16H24N2O3. The maximum absolute atomic E-state index is 11.8. The SMILES string of the molecule is COC(=O)c1cc(N2CCC(C)C(OC)C2)cc(C)c1N. The summed E-state index contributed by atoms with van der Waals surface area (Å²) < 4.78 is 10.4. The van der Waals surface area contributed by atoms with Crippen molar-refractivity contribution in [3.05, 3.63) is 23.3 Å². The highest BCUT2D eigenvalue weighted by Crippen LogP contribution is 2.29. The van der Waals surface area contributed by atoms with Gasteiger partial charge in [-0.05, 0) is 37.0 Å². The van der Waals surface area contributed by atoms with Crippen molar-refractivity contribution in [1.29, 1.82) is 0 Å². The number of benzene rings is 1. The standard InChI is InChI=1S/C16H24N2O3/c1-10-5-6-18(9-14(10)20-3)12-7-11(2)15(17)13(8-12)16(19)21-4/h7-8,10,14H,5-6,9,17H2,1-4H3. The van der Waals surface area contributed by atoms with Gasteiger partial charge in [-0.3, -0.25) is 0 Å². The molecule has 0 aromatic heterocycles. The number of aryl methyl sites for hydroxylation is 1. The second-order valence-corrected chi connectivity index (χ2v) is 5.70. The highest BCUT2D eigenvalue weighted by atomic mass is 16.5. The number of carbonyl (C=O) groups excluding carboxylic acids is 1. The minimum absolute atomic E-state index is 0.207. The van der Waals surface area contributed by atoms with Gasteiger partial charge in [0.25, 0.3) is 0 Å². The van der Waals surface area contributed by atoms with E-state index in [4.69, 9.17) is 15.2 Å². The zero-order chi connectivity index (χ0) is 15.6. The molecule has 0 aliphatic carbocycles. The van der Waals surface area contributed by atoms with Crippen LogP contribution in [0.2, 0.25) is 0 Å². The first-order chi connectivity index (χ1) is 9.97. The smallest absolute Gasteiger partial charge is 0.340 e. The minimum Gasteiger partial charge on any atom is -0.465 e. The molecule has 1 aromatic carbocycles. The monoisotopic (exact) mass is 292 g/mol. The Labute approximate surface area is 126 Å². The molecule has 1 fully saturated rings. The number of methoxy groups -OCH3 is 2. The third-order valence-corrected chi connectivity index (χ3v) is 4.33. The molecular weight excluding hydrogens is 268 g/mol. The summed E-state index contributed by atoms with van der Waals surface area (Å²) in [6.45, 7) is 5.89. The second-order valence-electron chi connectivity index (χ2n) is 5.70. The lowest BCUT2D eigenvalue weighted by Gasteiger charge is -2.38. The average Bonchev–Trinajstić information content (AvgIpc) is 2.49. The van der Waals surface area contributed by atoms with Crippen LogP contribution in [0.4, 0.5) is 11.4 Å². The van der Waals surface area contributed by atoms with Crippen LogP contribution < -0.4 is 10.6 Å². The Balaban J connectivity index is 2.32. The summed E-state index contributed by atoms with van der Waals surface area (Å²) in [5.41, 5.74) is 8.79. The molecule has 0 radical (unpaired) electrons. The van der Waals surface area contributed by atoms with Gasteiger partial charge in [0, 0.05) is 31.6 Å². The van der Waals surface area contributed by atoms with Gasteiger partial charge in [-0.15, -0.1) is 0 Å². The van der Waals surface area contributed by atoms with E-state index in [1.807, 2.05) is 19.1 Å². The Morgan fingerprint density at radius 1 is 1.38 bits per heavy atom. The summed E-state index contributed by atoms with van der Waals surface area (Å²) in [6.07, 6.45) is 1.27. The summed E-state index contributed by atoms with van der Waals surface area (Å²) in [6, 6.07) is 3.83. The van der Waals surface area contributed by atoms with Crippen LogP contribution in [0.3, 0.4) is 0 Å². The highest BCUT2D eigenvalue weighted by molar-refractivity contribution is 5.97. The molecule has 21 heavy (non-hydrogen) atoms. The first-order valence-electron chi connectivity index (χ1n) is 7.24. The van der Waals surface area contributed by atoms with Gasteiger partial charge in [0.1, 0.15) is 0 Å². The fourth-order valence-electron chi connectivity index (χ4n) is 2.82. The molecule has 0 bridgehead atoms. The summed E-state index contributed by atoms with van der Waals surface area (Å²) in [7, 11) is 3.12. The zero-order valence-corrected chi connectivity index (χ0v) is 13.2. The van der Waals surface area contributed by atoms with Crippen molar-refractivity contribution in [3.8, 4) is 0 Å². The molecule has 2 atom stereocenters. The van der Waals surface area contributed by atoms with E-state index in [0.717, 1.165) is 30.8 Å². The molecule has 0 amide bonds. The number of nitrogens with zero attached hydrogens (tertiary/aromatic N) is 1. The first-order valence-corrected chi connectivity index (χ1v) is 7.24. The molecule has 116 valence electrons. The Hall–Kier alpha value is -1.75. The Bertz CT molecular complexity index is 530. The molecule has 5 nitrogen and oxygen atoms in total. The minimum atomic E-state index is -0.397. The van der Waals surface area contributed by atoms with Crippen molar-refractivity contribution >= 4 is 17.3 Å². The first kappa shape index (κ1) is 15.6. The van der Waals surface area contributed by atoms with Crippen molar-refractivity contribution in [1.82, 2.24) is 0 Å². The van der Waals surface area contributed by atoms with E-state index in [0.29, 0.717) is 17.2 Å². The largest absolute Gasteiger partial charge is 0.465 e. The predicted molar refractivity (Wildman–Crippen MR) is 83.7 cm³/mol. The zero-order valence-electron chi connectivity index (χ0n) is 13.2. The molecule has 1 aliphatic heterocycles. The van der Waals surface area contributed by atoms with Gasteiger partial charge >= 0.3 is 5.97 Å². The quantitative estimate of drug-likeness (QED) is 0.683. The van der Waals surface area contributed by atoms with Crippen LogP contribution in [-0.4, -0.2) is 39.4 Å². The van der Waals surface area contributed by atoms with Crippen molar-refractivity contribution in [2.45, 2.75) is 26.4 Å². The number of anilines is 2. The van der Waals surface area contributed by atoms with Gasteiger partial charge in [-0.25, -0.2) is 4.79 Å². The van der Waals surface area contributed by atoms with Crippen LogP contribution >= 0.6 is 0 Å². The molecule has 2 unspecified atom stereocenters. The van der Waals surface area contributed by atoms with E-state index in [9.17, 15) is 4.79 Å². The van der Waals surface area contributed by atoms with Crippen LogP contribution in [0.15, 0.2) is 12.1 Å². The van der Waals surface area contributed by atoms with E-state index >= 15 is 0 Å². The lowest BCUT2D eigenvalue weighted by Crippen LogP contribution is -2.44. The normalized spacial score (nSPS) is 22.2. The summed E-state index contributed by atoms with van der Waals surface area (Å²) >= 11 is 0. The molecule has 0 spiro atoms. The third-order valence-electron chi connectivity index (χ3n) is 4.33. The Kier molecular flexibility index (Phi) is 4.73. The number of nitrogen functional groups attached to an aromatic ring is 1. The van der Waals surface area contributed by atoms with E-state index in [1.54, 1.807) is 7.11 Å². The molecule has 0 saturated carbocycles.